The molecule has 0 saturated heterocycles. The van der Waals surface area contributed by atoms with Crippen LogP contribution in [0, 0.1) is 6.92 Å². The summed E-state index contributed by atoms with van der Waals surface area (Å²) in [6, 6.07) is 3.18. The smallest absolute Gasteiger partial charge is 0.194 e. The van der Waals surface area contributed by atoms with Gasteiger partial charge < -0.3 is 0 Å². The van der Waals surface area contributed by atoms with E-state index in [9.17, 15) is 30.7 Å². The minimum Gasteiger partial charge on any atom is -0.194 e. The summed E-state index contributed by atoms with van der Waals surface area (Å²) in [5.74, 6) is -11.4. The van der Waals surface area contributed by atoms with Gasteiger partial charge in [0.25, 0.3) is 0 Å². The summed E-state index contributed by atoms with van der Waals surface area (Å²) in [4.78, 5) is 0. The van der Waals surface area contributed by atoms with Crippen molar-refractivity contribution in [1.82, 2.24) is 0 Å². The Balaban J connectivity index is 3.23. The van der Waals surface area contributed by atoms with Gasteiger partial charge in [-0.25, -0.2) is 0 Å². The zero-order valence-electron chi connectivity index (χ0n) is 8.46. The van der Waals surface area contributed by atoms with Gasteiger partial charge in [0.1, 0.15) is 0 Å². The van der Waals surface area contributed by atoms with Crippen LogP contribution in [-0.2, 0) is 5.92 Å². The molecule has 0 aliphatic rings. The molecule has 0 N–H and O–H groups in total. The van der Waals surface area contributed by atoms with Crippen LogP contribution in [0.3, 0.4) is 0 Å². The highest BCUT2D eigenvalue weighted by Crippen LogP contribution is 2.51. The number of aryl methyl sites for hydroxylation is 1. The number of alkyl halides is 7. The Labute approximate surface area is 92.0 Å². The van der Waals surface area contributed by atoms with E-state index in [1.54, 1.807) is 0 Å². The maximum Gasteiger partial charge on any atom is 0.460 e. The Morgan fingerprint density at radius 3 is 1.53 bits per heavy atom. The molecule has 0 aliphatic heterocycles. The van der Waals surface area contributed by atoms with E-state index in [1.807, 2.05) is 0 Å². The summed E-state index contributed by atoms with van der Waals surface area (Å²) in [6.07, 6.45) is -6.30. The van der Waals surface area contributed by atoms with Gasteiger partial charge in [-0.3, -0.25) is 0 Å². The normalized spacial score (nSPS) is 13.9. The lowest BCUT2D eigenvalue weighted by atomic mass is 10.0. The van der Waals surface area contributed by atoms with Crippen molar-refractivity contribution in [2.45, 2.75) is 24.9 Å². The van der Waals surface area contributed by atoms with Crippen molar-refractivity contribution in [1.29, 1.82) is 0 Å². The van der Waals surface area contributed by atoms with Crippen LogP contribution < -0.4 is 0 Å². The fourth-order valence-electron chi connectivity index (χ4n) is 1.12. The third-order valence-corrected chi connectivity index (χ3v) is 2.16. The van der Waals surface area contributed by atoms with Crippen LogP contribution in [0.5, 0.6) is 0 Å². The van der Waals surface area contributed by atoms with Gasteiger partial charge >= 0.3 is 18.0 Å². The van der Waals surface area contributed by atoms with Crippen molar-refractivity contribution in [2.75, 3.05) is 0 Å². The van der Waals surface area contributed by atoms with Gasteiger partial charge in [-0.15, -0.1) is 0 Å². The number of rotatable bonds is 2. The molecule has 0 radical (unpaired) electrons. The van der Waals surface area contributed by atoms with Crippen molar-refractivity contribution in [2.24, 2.45) is 0 Å². The molecule has 17 heavy (non-hydrogen) atoms. The Kier molecular flexibility index (Phi) is 3.15. The van der Waals surface area contributed by atoms with Crippen molar-refractivity contribution in [3.8, 4) is 0 Å². The summed E-state index contributed by atoms with van der Waals surface area (Å²) in [7, 11) is 0. The van der Waals surface area contributed by atoms with Crippen LogP contribution in [0.1, 0.15) is 11.1 Å². The molecule has 0 spiro atoms. The first-order valence-corrected chi connectivity index (χ1v) is 4.39. The van der Waals surface area contributed by atoms with Gasteiger partial charge in [0.15, 0.2) is 0 Å². The van der Waals surface area contributed by atoms with Gasteiger partial charge in [0.2, 0.25) is 0 Å². The summed E-state index contributed by atoms with van der Waals surface area (Å²) in [5, 5.41) is 0. The molecule has 0 fully saturated rings. The topological polar surface area (TPSA) is 0 Å². The largest absolute Gasteiger partial charge is 0.460 e. The van der Waals surface area contributed by atoms with Gasteiger partial charge in [-0.05, 0) is 6.92 Å². The van der Waals surface area contributed by atoms with E-state index >= 15 is 0 Å². The van der Waals surface area contributed by atoms with Crippen LogP contribution in [0.15, 0.2) is 24.3 Å². The molecule has 0 unspecified atom stereocenters. The highest BCUT2D eigenvalue weighted by Gasteiger charge is 2.73. The summed E-state index contributed by atoms with van der Waals surface area (Å²) in [5.41, 5.74) is -0.898. The van der Waals surface area contributed by atoms with Gasteiger partial charge in [-0.1, -0.05) is 29.8 Å². The van der Waals surface area contributed by atoms with E-state index in [-0.39, 0.29) is 0 Å². The highest BCUT2D eigenvalue weighted by atomic mass is 19.4. The molecule has 1 aromatic carbocycles. The SMILES string of the molecule is Cc1ccc(C(F)(F)C(F)(F)C(F)(F)F)cc1. The van der Waals surface area contributed by atoms with Gasteiger partial charge in [-0.2, -0.15) is 30.7 Å². The summed E-state index contributed by atoms with van der Waals surface area (Å²) < 4.78 is 87.0. The summed E-state index contributed by atoms with van der Waals surface area (Å²) in [6.45, 7) is 1.49. The first-order chi connectivity index (χ1) is 7.50. The molecular weight excluding hydrogens is 253 g/mol. The monoisotopic (exact) mass is 260 g/mol. The fourth-order valence-corrected chi connectivity index (χ4v) is 1.12. The lowest BCUT2D eigenvalue weighted by molar-refractivity contribution is -0.359. The summed E-state index contributed by atoms with van der Waals surface area (Å²) >= 11 is 0. The lowest BCUT2D eigenvalue weighted by Crippen LogP contribution is -2.49. The number of halogens is 7. The third kappa shape index (κ3) is 2.23. The quantitative estimate of drug-likeness (QED) is 0.696. The molecule has 7 heteroatoms. The second-order valence-electron chi connectivity index (χ2n) is 3.51. The molecular formula is C10H7F7. The number of hydrogen-bond acceptors (Lipinski definition) is 0. The van der Waals surface area contributed by atoms with Gasteiger partial charge in [0, 0.05) is 5.56 Å². The van der Waals surface area contributed by atoms with E-state index in [4.69, 9.17) is 0 Å². The van der Waals surface area contributed by atoms with Crippen molar-refractivity contribution < 1.29 is 30.7 Å². The second-order valence-corrected chi connectivity index (χ2v) is 3.51. The molecule has 1 rings (SSSR count). The first kappa shape index (κ1) is 13.8. The predicted molar refractivity (Wildman–Crippen MR) is 46.1 cm³/mol. The molecule has 0 atom stereocenters. The Bertz CT molecular complexity index is 388. The molecule has 0 saturated carbocycles. The van der Waals surface area contributed by atoms with E-state index in [0.717, 1.165) is 12.1 Å². The minimum absolute atomic E-state index is 0.472. The number of benzene rings is 1. The van der Waals surface area contributed by atoms with E-state index < -0.39 is 23.6 Å². The molecule has 0 aromatic heterocycles. The van der Waals surface area contributed by atoms with E-state index in [1.165, 1.54) is 6.92 Å². The van der Waals surface area contributed by atoms with E-state index in [0.29, 0.717) is 17.7 Å². The molecule has 1 aromatic rings. The highest BCUT2D eigenvalue weighted by molar-refractivity contribution is 5.27. The number of hydrogen-bond donors (Lipinski definition) is 0. The molecule has 96 valence electrons. The minimum atomic E-state index is -6.30. The Morgan fingerprint density at radius 2 is 1.18 bits per heavy atom. The van der Waals surface area contributed by atoms with Crippen LogP contribution in [0.2, 0.25) is 0 Å². The van der Waals surface area contributed by atoms with Crippen molar-refractivity contribution in [3.05, 3.63) is 35.4 Å². The maximum absolute atomic E-state index is 13.1. The molecule has 0 bridgehead atoms. The fraction of sp³-hybridized carbons (Fsp3) is 0.400. The zero-order chi connectivity index (χ0) is 13.5. The molecule has 0 aliphatic carbocycles. The predicted octanol–water partition coefficient (Wildman–Crippen LogP) is 4.28. The van der Waals surface area contributed by atoms with Crippen LogP contribution in [-0.4, -0.2) is 12.1 Å². The van der Waals surface area contributed by atoms with Crippen LogP contribution in [0.25, 0.3) is 0 Å². The van der Waals surface area contributed by atoms with Crippen molar-refractivity contribution in [3.63, 3.8) is 0 Å². The first-order valence-electron chi connectivity index (χ1n) is 4.39. The average molecular weight is 260 g/mol. The second kappa shape index (κ2) is 3.89. The molecule has 0 heterocycles. The Hall–Kier alpha value is -1.27. The van der Waals surface area contributed by atoms with Crippen molar-refractivity contribution >= 4 is 0 Å². The third-order valence-electron chi connectivity index (χ3n) is 2.16. The van der Waals surface area contributed by atoms with Gasteiger partial charge in [0.05, 0.1) is 0 Å². The lowest BCUT2D eigenvalue weighted by Gasteiger charge is -2.28. The Morgan fingerprint density at radius 1 is 0.765 bits per heavy atom. The standard InChI is InChI=1S/C10H7F7/c1-6-2-4-7(5-3-6)8(11,12)9(13,14)10(15,16)17/h2-5H,1H3. The molecule has 0 amide bonds. The average Bonchev–Trinajstić information content (AvgIpc) is 2.16. The van der Waals surface area contributed by atoms with Crippen LogP contribution >= 0.6 is 0 Å². The maximum atomic E-state index is 13.1. The zero-order valence-corrected chi connectivity index (χ0v) is 8.46. The molecule has 0 nitrogen and oxygen atoms in total. The van der Waals surface area contributed by atoms with E-state index in [2.05, 4.69) is 0 Å². The van der Waals surface area contributed by atoms with Crippen LogP contribution in [0.4, 0.5) is 30.7 Å².